The number of H-pyrrole nitrogens is 1. The molecule has 17 heavy (non-hydrogen) atoms. The third kappa shape index (κ3) is 2.22. The van der Waals surface area contributed by atoms with Crippen LogP contribution in [0.25, 0.3) is 0 Å². The average Bonchev–Trinajstić information content (AvgIpc) is 3.01. The Morgan fingerprint density at radius 2 is 2.12 bits per heavy atom. The number of aromatic amines is 1. The predicted octanol–water partition coefficient (Wildman–Crippen LogP) is 2.20. The maximum absolute atomic E-state index is 5.59. The number of nitrogens with one attached hydrogen (secondary N) is 1. The van der Waals surface area contributed by atoms with E-state index in [2.05, 4.69) is 26.4 Å². The van der Waals surface area contributed by atoms with Crippen LogP contribution in [0.3, 0.4) is 0 Å². The Morgan fingerprint density at radius 3 is 2.88 bits per heavy atom. The zero-order chi connectivity index (χ0) is 11.5. The summed E-state index contributed by atoms with van der Waals surface area (Å²) in [5.41, 5.74) is 1.21. The van der Waals surface area contributed by atoms with Crippen LogP contribution in [0.1, 0.15) is 12.8 Å². The van der Waals surface area contributed by atoms with E-state index >= 15 is 0 Å². The Labute approximate surface area is 99.4 Å². The fraction of sp³-hybridized carbons (Fsp3) is 0.333. The molecule has 1 aromatic heterocycles. The number of nitrogens with zero attached hydrogens (tertiary/aromatic N) is 3. The number of rotatable bonds is 3. The van der Waals surface area contributed by atoms with Gasteiger partial charge in [0.2, 0.25) is 0 Å². The van der Waals surface area contributed by atoms with E-state index in [9.17, 15) is 0 Å². The lowest BCUT2D eigenvalue weighted by molar-refractivity contribution is 0.461. The van der Waals surface area contributed by atoms with Gasteiger partial charge in [-0.2, -0.15) is 10.3 Å². The minimum atomic E-state index is 0.489. The molecule has 0 spiro atoms. The Kier molecular flexibility index (Phi) is 2.65. The maximum atomic E-state index is 5.59. The standard InChI is InChI=1S/C12H14N4O/c1-2-7-16(6-1)10-4-3-5-11(8-10)17-12-9-13-15-14-12/h3-5,8-9H,1-2,6-7H2,(H,13,14,15). The molecule has 2 heterocycles. The van der Waals surface area contributed by atoms with Crippen LogP contribution in [0.4, 0.5) is 5.69 Å². The fourth-order valence-corrected chi connectivity index (χ4v) is 2.08. The van der Waals surface area contributed by atoms with Gasteiger partial charge >= 0.3 is 0 Å². The first-order chi connectivity index (χ1) is 8.42. The van der Waals surface area contributed by atoms with E-state index < -0.39 is 0 Å². The highest BCUT2D eigenvalue weighted by Gasteiger charge is 2.12. The molecule has 1 saturated heterocycles. The number of anilines is 1. The normalized spacial score (nSPS) is 15.2. The first kappa shape index (κ1) is 10.1. The van der Waals surface area contributed by atoms with Crippen molar-refractivity contribution < 1.29 is 4.74 Å². The lowest BCUT2D eigenvalue weighted by Crippen LogP contribution is -2.17. The molecule has 5 heteroatoms. The van der Waals surface area contributed by atoms with Gasteiger partial charge in [0.15, 0.2) is 0 Å². The summed E-state index contributed by atoms with van der Waals surface area (Å²) in [5, 5.41) is 10.1. The van der Waals surface area contributed by atoms with Crippen LogP contribution in [0, 0.1) is 0 Å². The van der Waals surface area contributed by atoms with E-state index in [4.69, 9.17) is 4.74 Å². The topological polar surface area (TPSA) is 54.0 Å². The number of aromatic nitrogens is 3. The van der Waals surface area contributed by atoms with Gasteiger partial charge in [0, 0.05) is 24.8 Å². The van der Waals surface area contributed by atoms with Gasteiger partial charge in [-0.25, -0.2) is 0 Å². The van der Waals surface area contributed by atoms with Gasteiger partial charge in [0.05, 0.1) is 0 Å². The van der Waals surface area contributed by atoms with Crippen LogP contribution < -0.4 is 9.64 Å². The summed E-state index contributed by atoms with van der Waals surface area (Å²) in [7, 11) is 0. The second-order valence-electron chi connectivity index (χ2n) is 4.10. The quantitative estimate of drug-likeness (QED) is 0.878. The van der Waals surface area contributed by atoms with Gasteiger partial charge < -0.3 is 9.64 Å². The van der Waals surface area contributed by atoms with Crippen LogP contribution in [0.2, 0.25) is 0 Å². The van der Waals surface area contributed by atoms with Gasteiger partial charge in [-0.15, -0.1) is 5.10 Å². The van der Waals surface area contributed by atoms with Crippen molar-refractivity contribution >= 4 is 5.69 Å². The van der Waals surface area contributed by atoms with Crippen LogP contribution in [-0.2, 0) is 0 Å². The molecule has 1 N–H and O–H groups in total. The second-order valence-corrected chi connectivity index (χ2v) is 4.10. The van der Waals surface area contributed by atoms with Gasteiger partial charge in [-0.1, -0.05) is 6.07 Å². The van der Waals surface area contributed by atoms with Crippen molar-refractivity contribution in [1.29, 1.82) is 0 Å². The Morgan fingerprint density at radius 1 is 1.24 bits per heavy atom. The van der Waals surface area contributed by atoms with Crippen LogP contribution in [0.15, 0.2) is 30.5 Å². The minimum Gasteiger partial charge on any atom is -0.436 e. The number of hydrogen-bond acceptors (Lipinski definition) is 4. The smallest absolute Gasteiger partial charge is 0.258 e. The summed E-state index contributed by atoms with van der Waals surface area (Å²) in [6.07, 6.45) is 4.10. The molecule has 3 rings (SSSR count). The van der Waals surface area contributed by atoms with E-state index in [0.717, 1.165) is 18.8 Å². The molecule has 0 radical (unpaired) electrons. The molecule has 1 aromatic carbocycles. The highest BCUT2D eigenvalue weighted by molar-refractivity contribution is 5.51. The number of hydrogen-bond donors (Lipinski definition) is 1. The van der Waals surface area contributed by atoms with Crippen LogP contribution in [-0.4, -0.2) is 28.5 Å². The molecule has 0 saturated carbocycles. The van der Waals surface area contributed by atoms with Crippen molar-refractivity contribution in [3.05, 3.63) is 30.5 Å². The van der Waals surface area contributed by atoms with Crippen molar-refractivity contribution in [3.63, 3.8) is 0 Å². The first-order valence-electron chi connectivity index (χ1n) is 5.80. The summed E-state index contributed by atoms with van der Waals surface area (Å²) >= 11 is 0. The van der Waals surface area contributed by atoms with Gasteiger partial charge in [-0.3, -0.25) is 0 Å². The Hall–Kier alpha value is -2.04. The number of ether oxygens (including phenoxy) is 1. The molecular formula is C12H14N4O. The average molecular weight is 230 g/mol. The van der Waals surface area contributed by atoms with Crippen molar-refractivity contribution in [2.75, 3.05) is 18.0 Å². The highest BCUT2D eigenvalue weighted by atomic mass is 16.5. The molecule has 0 atom stereocenters. The summed E-state index contributed by atoms with van der Waals surface area (Å²) in [4.78, 5) is 2.37. The SMILES string of the molecule is c1cc(Oc2cn[nH]n2)cc(N2CCCC2)c1. The molecule has 0 unspecified atom stereocenters. The first-order valence-corrected chi connectivity index (χ1v) is 5.80. The minimum absolute atomic E-state index is 0.489. The molecule has 1 fully saturated rings. The van der Waals surface area contributed by atoms with Crippen molar-refractivity contribution in [2.24, 2.45) is 0 Å². The molecule has 0 amide bonds. The van der Waals surface area contributed by atoms with E-state index in [1.807, 2.05) is 18.2 Å². The maximum Gasteiger partial charge on any atom is 0.258 e. The lowest BCUT2D eigenvalue weighted by Gasteiger charge is -2.17. The molecule has 0 bridgehead atoms. The van der Waals surface area contributed by atoms with Gasteiger partial charge in [-0.05, 0) is 25.0 Å². The fourth-order valence-electron chi connectivity index (χ4n) is 2.08. The largest absolute Gasteiger partial charge is 0.436 e. The number of benzene rings is 1. The molecule has 5 nitrogen and oxygen atoms in total. The summed E-state index contributed by atoms with van der Waals surface area (Å²) in [5.74, 6) is 1.28. The zero-order valence-corrected chi connectivity index (χ0v) is 9.47. The monoisotopic (exact) mass is 230 g/mol. The van der Waals surface area contributed by atoms with Crippen LogP contribution in [0.5, 0.6) is 11.6 Å². The van der Waals surface area contributed by atoms with Crippen molar-refractivity contribution in [2.45, 2.75) is 12.8 Å². The lowest BCUT2D eigenvalue weighted by atomic mass is 10.3. The van der Waals surface area contributed by atoms with Crippen LogP contribution >= 0.6 is 0 Å². The highest BCUT2D eigenvalue weighted by Crippen LogP contribution is 2.26. The third-order valence-corrected chi connectivity index (χ3v) is 2.90. The molecule has 88 valence electrons. The summed E-state index contributed by atoms with van der Waals surface area (Å²) in [6.45, 7) is 2.26. The molecule has 2 aromatic rings. The van der Waals surface area contributed by atoms with E-state index in [0.29, 0.717) is 5.88 Å². The second kappa shape index (κ2) is 4.45. The van der Waals surface area contributed by atoms with E-state index in [1.165, 1.54) is 18.5 Å². The van der Waals surface area contributed by atoms with E-state index in [-0.39, 0.29) is 0 Å². The predicted molar refractivity (Wildman–Crippen MR) is 64.3 cm³/mol. The van der Waals surface area contributed by atoms with Crippen molar-refractivity contribution in [3.8, 4) is 11.6 Å². The van der Waals surface area contributed by atoms with Gasteiger partial charge in [0.25, 0.3) is 5.88 Å². The van der Waals surface area contributed by atoms with Crippen molar-refractivity contribution in [1.82, 2.24) is 15.4 Å². The third-order valence-electron chi connectivity index (χ3n) is 2.90. The molecule has 0 aliphatic carbocycles. The molecular weight excluding hydrogens is 216 g/mol. The van der Waals surface area contributed by atoms with Gasteiger partial charge in [0.1, 0.15) is 11.9 Å². The summed E-state index contributed by atoms with van der Waals surface area (Å²) in [6, 6.07) is 8.08. The Bertz CT molecular complexity index is 477. The van der Waals surface area contributed by atoms with E-state index in [1.54, 1.807) is 6.20 Å². The Balaban J connectivity index is 1.78. The molecule has 1 aliphatic heterocycles. The summed E-state index contributed by atoms with van der Waals surface area (Å²) < 4.78 is 5.59. The zero-order valence-electron chi connectivity index (χ0n) is 9.47. The molecule has 1 aliphatic rings.